The summed E-state index contributed by atoms with van der Waals surface area (Å²) in [6.45, 7) is 3.16. The summed E-state index contributed by atoms with van der Waals surface area (Å²) in [7, 11) is 0. The van der Waals surface area contributed by atoms with E-state index in [0.717, 1.165) is 24.9 Å². The second-order valence-electron chi connectivity index (χ2n) is 3.85. The van der Waals surface area contributed by atoms with Gasteiger partial charge in [0, 0.05) is 41.5 Å². The smallest absolute Gasteiger partial charge is 0.115 e. The van der Waals surface area contributed by atoms with E-state index in [9.17, 15) is 0 Å². The molecule has 17 heavy (non-hydrogen) atoms. The van der Waals surface area contributed by atoms with E-state index in [1.807, 2.05) is 24.1 Å². The van der Waals surface area contributed by atoms with Crippen LogP contribution in [0.2, 0.25) is 0 Å². The van der Waals surface area contributed by atoms with Crippen LogP contribution in [-0.2, 0) is 6.42 Å². The normalized spacial score (nSPS) is 12.5. The van der Waals surface area contributed by atoms with Gasteiger partial charge in [-0.1, -0.05) is 6.92 Å². The van der Waals surface area contributed by atoms with Crippen LogP contribution in [0.4, 0.5) is 0 Å². The first-order chi connectivity index (χ1) is 8.40. The van der Waals surface area contributed by atoms with Crippen molar-refractivity contribution in [2.45, 2.75) is 25.8 Å². The maximum atomic E-state index is 4.11. The highest BCUT2D eigenvalue weighted by molar-refractivity contribution is 7.09. The van der Waals surface area contributed by atoms with Crippen LogP contribution in [0.15, 0.2) is 30.4 Å². The molecule has 90 valence electrons. The lowest BCUT2D eigenvalue weighted by Crippen LogP contribution is -2.24. The molecule has 4 nitrogen and oxygen atoms in total. The largest absolute Gasteiger partial charge is 0.310 e. The van der Waals surface area contributed by atoms with Crippen molar-refractivity contribution in [3.63, 3.8) is 0 Å². The molecule has 0 fully saturated rings. The second kappa shape index (κ2) is 6.42. The maximum absolute atomic E-state index is 4.11. The van der Waals surface area contributed by atoms with Crippen LogP contribution in [0.1, 0.15) is 29.8 Å². The molecule has 1 unspecified atom stereocenters. The molecule has 0 amide bonds. The summed E-state index contributed by atoms with van der Waals surface area (Å²) < 4.78 is 0. The Labute approximate surface area is 105 Å². The Morgan fingerprint density at radius 2 is 2.06 bits per heavy atom. The van der Waals surface area contributed by atoms with Crippen LogP contribution in [0.25, 0.3) is 0 Å². The Morgan fingerprint density at radius 3 is 2.71 bits per heavy atom. The summed E-state index contributed by atoms with van der Waals surface area (Å²) in [6, 6.07) is 0.275. The van der Waals surface area contributed by atoms with Crippen molar-refractivity contribution in [2.75, 3.05) is 6.54 Å². The number of hydrogen-bond donors (Lipinski definition) is 1. The van der Waals surface area contributed by atoms with E-state index in [4.69, 9.17) is 0 Å². The summed E-state index contributed by atoms with van der Waals surface area (Å²) in [6.07, 6.45) is 9.30. The summed E-state index contributed by atoms with van der Waals surface area (Å²) in [5.41, 5.74) is 3.00. The van der Waals surface area contributed by atoms with Crippen LogP contribution in [0.5, 0.6) is 0 Å². The molecule has 2 aromatic rings. The molecule has 0 saturated carbocycles. The molecule has 0 aromatic carbocycles. The fraction of sp³-hybridized carbons (Fsp3) is 0.417. The fourth-order valence-corrected chi connectivity index (χ4v) is 2.30. The molecule has 1 N–H and O–H groups in total. The predicted octanol–water partition coefficient (Wildman–Crippen LogP) is 2.22. The van der Waals surface area contributed by atoms with Gasteiger partial charge in [0.05, 0.1) is 5.51 Å². The van der Waals surface area contributed by atoms with Gasteiger partial charge >= 0.3 is 0 Å². The summed E-state index contributed by atoms with van der Waals surface area (Å²) in [4.78, 5) is 13.5. The number of nitrogens with zero attached hydrogens (tertiary/aromatic N) is 3. The zero-order chi connectivity index (χ0) is 11.9. The van der Waals surface area contributed by atoms with Gasteiger partial charge in [-0.25, -0.2) is 9.97 Å². The lowest BCUT2D eigenvalue weighted by molar-refractivity contribution is 0.529. The van der Waals surface area contributed by atoms with E-state index in [1.54, 1.807) is 17.7 Å². The summed E-state index contributed by atoms with van der Waals surface area (Å²) >= 11 is 1.69. The topological polar surface area (TPSA) is 50.7 Å². The van der Waals surface area contributed by atoms with Gasteiger partial charge in [0.15, 0.2) is 0 Å². The number of aromatic nitrogens is 3. The monoisotopic (exact) mass is 248 g/mol. The standard InChI is InChI=1S/C12H16N4S/c1-2-3-16-12(4-11-7-15-9-17-11)10-5-13-8-14-6-10/h5-9,12,16H,2-4H2,1H3. The molecular formula is C12H16N4S. The molecule has 0 aliphatic rings. The predicted molar refractivity (Wildman–Crippen MR) is 68.9 cm³/mol. The van der Waals surface area contributed by atoms with Gasteiger partial charge in [0.1, 0.15) is 6.33 Å². The van der Waals surface area contributed by atoms with Crippen molar-refractivity contribution in [1.82, 2.24) is 20.3 Å². The molecule has 2 heterocycles. The lowest BCUT2D eigenvalue weighted by atomic mass is 10.1. The van der Waals surface area contributed by atoms with E-state index in [-0.39, 0.29) is 6.04 Å². The molecule has 5 heteroatoms. The van der Waals surface area contributed by atoms with Gasteiger partial charge in [-0.3, -0.25) is 4.98 Å². The third-order valence-electron chi connectivity index (χ3n) is 2.51. The zero-order valence-corrected chi connectivity index (χ0v) is 10.7. The van der Waals surface area contributed by atoms with E-state index in [0.29, 0.717) is 0 Å². The van der Waals surface area contributed by atoms with Crippen molar-refractivity contribution in [2.24, 2.45) is 0 Å². The van der Waals surface area contributed by atoms with E-state index in [1.165, 1.54) is 4.88 Å². The van der Waals surface area contributed by atoms with Gasteiger partial charge in [-0.2, -0.15) is 0 Å². The summed E-state index contributed by atoms with van der Waals surface area (Å²) in [5.74, 6) is 0. The second-order valence-corrected chi connectivity index (χ2v) is 4.82. The van der Waals surface area contributed by atoms with E-state index >= 15 is 0 Å². The van der Waals surface area contributed by atoms with Gasteiger partial charge in [-0.05, 0) is 13.0 Å². The minimum atomic E-state index is 0.275. The first kappa shape index (κ1) is 12.1. The van der Waals surface area contributed by atoms with E-state index < -0.39 is 0 Å². The Kier molecular flexibility index (Phi) is 4.58. The van der Waals surface area contributed by atoms with Gasteiger partial charge < -0.3 is 5.32 Å². The Morgan fingerprint density at radius 1 is 1.24 bits per heavy atom. The van der Waals surface area contributed by atoms with Crippen molar-refractivity contribution in [3.8, 4) is 0 Å². The highest BCUT2D eigenvalue weighted by Crippen LogP contribution is 2.19. The maximum Gasteiger partial charge on any atom is 0.115 e. The van der Waals surface area contributed by atoms with Crippen LogP contribution in [0, 0.1) is 0 Å². The highest BCUT2D eigenvalue weighted by atomic mass is 32.1. The molecule has 0 bridgehead atoms. The number of rotatable bonds is 6. The number of nitrogens with one attached hydrogen (secondary N) is 1. The molecule has 0 radical (unpaired) electrons. The minimum absolute atomic E-state index is 0.275. The van der Waals surface area contributed by atoms with E-state index in [2.05, 4.69) is 27.2 Å². The first-order valence-electron chi connectivity index (χ1n) is 5.75. The molecule has 2 aromatic heterocycles. The van der Waals surface area contributed by atoms with Crippen molar-refractivity contribution in [3.05, 3.63) is 40.9 Å². The average molecular weight is 248 g/mol. The van der Waals surface area contributed by atoms with Crippen molar-refractivity contribution >= 4 is 11.3 Å². The van der Waals surface area contributed by atoms with Crippen molar-refractivity contribution in [1.29, 1.82) is 0 Å². The minimum Gasteiger partial charge on any atom is -0.310 e. The molecule has 2 rings (SSSR count). The first-order valence-corrected chi connectivity index (χ1v) is 6.63. The molecule has 0 aliphatic carbocycles. The van der Waals surface area contributed by atoms with Gasteiger partial charge in [0.25, 0.3) is 0 Å². The third kappa shape index (κ3) is 3.57. The highest BCUT2D eigenvalue weighted by Gasteiger charge is 2.12. The molecule has 0 saturated heterocycles. The number of hydrogen-bond acceptors (Lipinski definition) is 5. The average Bonchev–Trinajstić information content (AvgIpc) is 2.88. The zero-order valence-electron chi connectivity index (χ0n) is 9.84. The van der Waals surface area contributed by atoms with Gasteiger partial charge in [0.2, 0.25) is 0 Å². The third-order valence-corrected chi connectivity index (χ3v) is 3.31. The quantitative estimate of drug-likeness (QED) is 0.851. The molecular weight excluding hydrogens is 232 g/mol. The lowest BCUT2D eigenvalue weighted by Gasteiger charge is -2.17. The fourth-order valence-electron chi connectivity index (χ4n) is 1.66. The molecule has 0 aliphatic heterocycles. The molecule has 1 atom stereocenters. The SMILES string of the molecule is CCCNC(Cc1cncs1)c1cncnc1. The van der Waals surface area contributed by atoms with Crippen LogP contribution < -0.4 is 5.32 Å². The van der Waals surface area contributed by atoms with Crippen molar-refractivity contribution < 1.29 is 0 Å². The van der Waals surface area contributed by atoms with Crippen LogP contribution in [-0.4, -0.2) is 21.5 Å². The van der Waals surface area contributed by atoms with Crippen LogP contribution in [0.3, 0.4) is 0 Å². The van der Waals surface area contributed by atoms with Gasteiger partial charge in [-0.15, -0.1) is 11.3 Å². The Balaban J connectivity index is 2.08. The molecule has 0 spiro atoms. The summed E-state index contributed by atoms with van der Waals surface area (Å²) in [5, 5.41) is 3.52. The van der Waals surface area contributed by atoms with Crippen LogP contribution >= 0.6 is 11.3 Å². The Hall–Kier alpha value is -1.33. The Bertz CT molecular complexity index is 415. The number of thiazole rings is 1.